The fourth-order valence-corrected chi connectivity index (χ4v) is 3.32. The fraction of sp³-hybridized carbons (Fsp3) is 0. The Kier molecular flexibility index (Phi) is 4.15. The number of hydrogen-bond acceptors (Lipinski definition) is 5. The van der Waals surface area contributed by atoms with E-state index in [1.165, 1.54) is 22.9 Å². The van der Waals surface area contributed by atoms with E-state index in [0.29, 0.717) is 20.1 Å². The number of rotatable bonds is 2. The van der Waals surface area contributed by atoms with Gasteiger partial charge in [0.2, 0.25) is 0 Å². The van der Waals surface area contributed by atoms with Crippen molar-refractivity contribution >= 4 is 57.7 Å². The summed E-state index contributed by atoms with van der Waals surface area (Å²) in [4.78, 5) is 18.5. The number of aromatic nitrogens is 1. The molecule has 4 nitrogen and oxygen atoms in total. The van der Waals surface area contributed by atoms with Gasteiger partial charge >= 0.3 is 0 Å². The van der Waals surface area contributed by atoms with Crippen LogP contribution in [0.15, 0.2) is 47.5 Å². The number of thiocarbonyl (C=S) groups is 1. The number of aromatic hydroxyl groups is 1. The molecule has 110 valence electrons. The van der Waals surface area contributed by atoms with E-state index in [0.717, 1.165) is 5.56 Å². The van der Waals surface area contributed by atoms with Crippen molar-refractivity contribution in [2.75, 3.05) is 4.90 Å². The zero-order valence-corrected chi connectivity index (χ0v) is 13.5. The first-order chi connectivity index (χ1) is 10.5. The predicted octanol–water partition coefficient (Wildman–Crippen LogP) is 3.85. The number of amides is 1. The van der Waals surface area contributed by atoms with Crippen LogP contribution in [0.3, 0.4) is 0 Å². The molecule has 0 saturated carbocycles. The van der Waals surface area contributed by atoms with Gasteiger partial charge in [0.25, 0.3) is 5.91 Å². The molecule has 7 heteroatoms. The Morgan fingerprint density at radius 2 is 2.14 bits per heavy atom. The predicted molar refractivity (Wildman–Crippen MR) is 93.0 cm³/mol. The lowest BCUT2D eigenvalue weighted by atomic mass is 10.2. The van der Waals surface area contributed by atoms with Crippen molar-refractivity contribution < 1.29 is 9.90 Å². The van der Waals surface area contributed by atoms with E-state index in [-0.39, 0.29) is 11.7 Å². The first-order valence-electron chi connectivity index (χ1n) is 6.23. The minimum Gasteiger partial charge on any atom is -0.508 e. The van der Waals surface area contributed by atoms with Crippen molar-refractivity contribution in [2.24, 2.45) is 0 Å². The Morgan fingerprint density at radius 3 is 2.82 bits per heavy atom. The van der Waals surface area contributed by atoms with Crippen LogP contribution in [-0.2, 0) is 4.79 Å². The van der Waals surface area contributed by atoms with Gasteiger partial charge in [0, 0.05) is 6.20 Å². The molecule has 1 aliphatic rings. The molecule has 1 aliphatic heterocycles. The zero-order valence-electron chi connectivity index (χ0n) is 11.1. The molecule has 0 aliphatic carbocycles. The van der Waals surface area contributed by atoms with E-state index in [9.17, 15) is 9.90 Å². The molecule has 0 atom stereocenters. The number of nitrogens with zero attached hydrogens (tertiary/aromatic N) is 2. The maximum absolute atomic E-state index is 12.5. The van der Waals surface area contributed by atoms with E-state index in [2.05, 4.69) is 4.98 Å². The summed E-state index contributed by atoms with van der Waals surface area (Å²) in [7, 11) is 0. The summed E-state index contributed by atoms with van der Waals surface area (Å²) in [5, 5.41) is 9.97. The lowest BCUT2D eigenvalue weighted by Crippen LogP contribution is -2.28. The summed E-state index contributed by atoms with van der Waals surface area (Å²) in [5.41, 5.74) is 0.726. The van der Waals surface area contributed by atoms with Crippen LogP contribution in [0.5, 0.6) is 5.75 Å². The molecular formula is C15H9ClN2O2S2. The number of pyridine rings is 1. The highest BCUT2D eigenvalue weighted by molar-refractivity contribution is 8.27. The Hall–Kier alpha value is -1.89. The molecule has 1 aromatic heterocycles. The molecule has 1 N–H and O–H groups in total. The summed E-state index contributed by atoms with van der Waals surface area (Å²) in [5.74, 6) is 0.336. The minimum absolute atomic E-state index is 0.142. The summed E-state index contributed by atoms with van der Waals surface area (Å²) in [6.45, 7) is 0. The van der Waals surface area contributed by atoms with Crippen LogP contribution in [0.25, 0.3) is 6.08 Å². The average molecular weight is 349 g/mol. The Morgan fingerprint density at radius 1 is 1.32 bits per heavy atom. The average Bonchev–Trinajstić information content (AvgIpc) is 2.75. The number of phenols is 1. The van der Waals surface area contributed by atoms with Gasteiger partial charge < -0.3 is 5.11 Å². The van der Waals surface area contributed by atoms with Crippen LogP contribution < -0.4 is 4.90 Å². The smallest absolute Gasteiger partial charge is 0.271 e. The fourth-order valence-electron chi connectivity index (χ4n) is 1.93. The Balaban J connectivity index is 1.93. The number of phenolic OH excluding ortho intramolecular Hbond substituents is 1. The first kappa shape index (κ1) is 15.0. The Labute approximate surface area is 141 Å². The quantitative estimate of drug-likeness (QED) is 0.660. The summed E-state index contributed by atoms with van der Waals surface area (Å²) in [6, 6.07) is 9.95. The molecule has 1 saturated heterocycles. The number of halogens is 1. The molecule has 1 fully saturated rings. The van der Waals surface area contributed by atoms with Gasteiger partial charge in [-0.2, -0.15) is 0 Å². The topological polar surface area (TPSA) is 53.4 Å². The second kappa shape index (κ2) is 6.08. The third-order valence-electron chi connectivity index (χ3n) is 2.90. The molecule has 22 heavy (non-hydrogen) atoms. The second-order valence-electron chi connectivity index (χ2n) is 4.45. The standard InChI is InChI=1S/C15H9ClN2O2S2/c16-10-4-5-13(17-8-10)18-14(20)12(22-15(18)21)7-9-2-1-3-11(19)6-9/h1-8,19H/b12-7-. The van der Waals surface area contributed by atoms with Gasteiger partial charge in [0.1, 0.15) is 11.6 Å². The Bertz CT molecular complexity index is 790. The SMILES string of the molecule is O=C1/C(=C/c2cccc(O)c2)SC(=S)N1c1ccc(Cl)cn1. The van der Waals surface area contributed by atoms with Gasteiger partial charge in [-0.3, -0.25) is 4.79 Å². The zero-order chi connectivity index (χ0) is 15.7. The maximum Gasteiger partial charge on any atom is 0.271 e. The van der Waals surface area contributed by atoms with Crippen molar-refractivity contribution in [1.29, 1.82) is 0 Å². The van der Waals surface area contributed by atoms with Gasteiger partial charge in [-0.15, -0.1) is 0 Å². The van der Waals surface area contributed by atoms with Crippen molar-refractivity contribution in [3.05, 3.63) is 58.1 Å². The number of thioether (sulfide) groups is 1. The molecule has 2 aromatic rings. The molecule has 0 bridgehead atoms. The number of benzene rings is 1. The van der Waals surface area contributed by atoms with Gasteiger partial charge in [0.05, 0.1) is 9.93 Å². The highest BCUT2D eigenvalue weighted by atomic mass is 35.5. The molecule has 2 heterocycles. The van der Waals surface area contributed by atoms with E-state index in [1.54, 1.807) is 42.5 Å². The number of hydrogen-bond donors (Lipinski definition) is 1. The second-order valence-corrected chi connectivity index (χ2v) is 6.56. The summed E-state index contributed by atoms with van der Waals surface area (Å²) < 4.78 is 0.409. The van der Waals surface area contributed by atoms with E-state index in [1.807, 2.05) is 0 Å². The normalized spacial score (nSPS) is 16.6. The van der Waals surface area contributed by atoms with Crippen LogP contribution in [0.1, 0.15) is 5.56 Å². The summed E-state index contributed by atoms with van der Waals surface area (Å²) >= 11 is 12.3. The monoisotopic (exact) mass is 348 g/mol. The van der Waals surface area contributed by atoms with Crippen LogP contribution in [0.2, 0.25) is 5.02 Å². The van der Waals surface area contributed by atoms with Gasteiger partial charge in [-0.1, -0.05) is 47.7 Å². The first-order valence-corrected chi connectivity index (χ1v) is 7.83. The summed E-state index contributed by atoms with van der Waals surface area (Å²) in [6.07, 6.45) is 3.16. The van der Waals surface area contributed by atoms with Crippen molar-refractivity contribution in [3.8, 4) is 5.75 Å². The molecule has 0 unspecified atom stereocenters. The molecule has 3 rings (SSSR count). The third-order valence-corrected chi connectivity index (χ3v) is 4.43. The largest absolute Gasteiger partial charge is 0.508 e. The van der Waals surface area contributed by atoms with E-state index in [4.69, 9.17) is 23.8 Å². The van der Waals surface area contributed by atoms with E-state index >= 15 is 0 Å². The number of carbonyl (C=O) groups is 1. The maximum atomic E-state index is 12.5. The van der Waals surface area contributed by atoms with Gasteiger partial charge in [-0.25, -0.2) is 9.88 Å². The van der Waals surface area contributed by atoms with Crippen LogP contribution >= 0.6 is 35.6 Å². The van der Waals surface area contributed by atoms with E-state index < -0.39 is 0 Å². The number of carbonyl (C=O) groups excluding carboxylic acids is 1. The minimum atomic E-state index is -0.242. The lowest BCUT2D eigenvalue weighted by Gasteiger charge is -2.12. The van der Waals surface area contributed by atoms with Gasteiger partial charge in [-0.05, 0) is 35.9 Å². The molecule has 1 amide bonds. The highest BCUT2D eigenvalue weighted by Gasteiger charge is 2.34. The van der Waals surface area contributed by atoms with Crippen LogP contribution in [-0.4, -0.2) is 20.3 Å². The van der Waals surface area contributed by atoms with Crippen molar-refractivity contribution in [1.82, 2.24) is 4.98 Å². The molecule has 0 radical (unpaired) electrons. The van der Waals surface area contributed by atoms with Crippen molar-refractivity contribution in [3.63, 3.8) is 0 Å². The highest BCUT2D eigenvalue weighted by Crippen LogP contribution is 2.35. The lowest BCUT2D eigenvalue weighted by molar-refractivity contribution is -0.113. The molecular weight excluding hydrogens is 340 g/mol. The molecule has 1 aromatic carbocycles. The van der Waals surface area contributed by atoms with Gasteiger partial charge in [0.15, 0.2) is 4.32 Å². The number of anilines is 1. The van der Waals surface area contributed by atoms with Crippen molar-refractivity contribution in [2.45, 2.75) is 0 Å². The molecule has 0 spiro atoms. The van der Waals surface area contributed by atoms with Crippen LogP contribution in [0.4, 0.5) is 5.82 Å². The third kappa shape index (κ3) is 2.99. The van der Waals surface area contributed by atoms with Crippen LogP contribution in [0, 0.1) is 0 Å².